The highest BCUT2D eigenvalue weighted by atomic mass is 19.4. The molecule has 20 heteroatoms. The van der Waals surface area contributed by atoms with E-state index in [-0.39, 0.29) is 18.8 Å². The first kappa shape index (κ1) is 43.7. The Balaban J connectivity index is 6.63. The van der Waals surface area contributed by atoms with Crippen molar-refractivity contribution in [3.8, 4) is 11.8 Å². The number of halogens is 16. The molecule has 0 N–H and O–H groups in total. The monoisotopic (exact) mass is 710 g/mol. The molecule has 270 valence electrons. The number of alkyl halides is 15. The molecular weight excluding hydrogens is 680 g/mol. The molecule has 2 atom stereocenters. The lowest BCUT2D eigenvalue weighted by Gasteiger charge is -2.42. The second kappa shape index (κ2) is 14.0. The van der Waals surface area contributed by atoms with Gasteiger partial charge in [-0.1, -0.05) is 39.5 Å². The lowest BCUT2D eigenvalue weighted by molar-refractivity contribution is -0.438. The number of hydrogen-bond acceptors (Lipinski definition) is 4. The molecule has 0 aliphatic heterocycles. The lowest BCUT2D eigenvalue weighted by Crippen LogP contribution is -2.74. The van der Waals surface area contributed by atoms with Crippen LogP contribution in [0.1, 0.15) is 54.4 Å². The molecule has 0 spiro atoms. The van der Waals surface area contributed by atoms with Crippen molar-refractivity contribution in [3.63, 3.8) is 0 Å². The van der Waals surface area contributed by atoms with Gasteiger partial charge in [0.05, 0.1) is 0 Å². The summed E-state index contributed by atoms with van der Waals surface area (Å²) < 4.78 is 228. The van der Waals surface area contributed by atoms with Gasteiger partial charge in [0.2, 0.25) is 5.78 Å². The minimum Gasteiger partial charge on any atom is -0.355 e. The van der Waals surface area contributed by atoms with Crippen molar-refractivity contribution in [3.05, 3.63) is 0 Å². The van der Waals surface area contributed by atoms with Crippen molar-refractivity contribution in [1.29, 1.82) is 0 Å². The van der Waals surface area contributed by atoms with Gasteiger partial charge in [0.1, 0.15) is 24.4 Å². The van der Waals surface area contributed by atoms with E-state index in [1.807, 2.05) is 0 Å². The SMILES string of the molecule is CC(C)CC(C)(C#CC(C)(CC(C)C)OCC(=O)C(F)(F)C(F)(F)C(F)(F)C(F)(F)C(F)(F)C(F)(F)C(F)(F)CF)OCC(=O)F. The normalized spacial score (nSPS) is 17.0. The van der Waals surface area contributed by atoms with Crippen LogP contribution in [-0.2, 0) is 19.1 Å². The van der Waals surface area contributed by atoms with Crippen molar-refractivity contribution in [2.24, 2.45) is 11.8 Å². The van der Waals surface area contributed by atoms with Crippen LogP contribution in [0, 0.1) is 23.7 Å². The molecule has 0 aliphatic carbocycles. The van der Waals surface area contributed by atoms with Gasteiger partial charge in [-0.3, -0.25) is 9.59 Å². The summed E-state index contributed by atoms with van der Waals surface area (Å²) in [5.41, 5.74) is -3.87. The Labute approximate surface area is 252 Å². The minimum atomic E-state index is -8.46. The first-order chi connectivity index (χ1) is 20.1. The molecule has 0 aromatic carbocycles. The Morgan fingerprint density at radius 3 is 1.24 bits per heavy atom. The van der Waals surface area contributed by atoms with Crippen LogP contribution < -0.4 is 0 Å². The fourth-order valence-electron chi connectivity index (χ4n) is 3.92. The molecule has 2 unspecified atom stereocenters. The number of carbonyl (C=O) groups is 2. The molecule has 0 aromatic rings. The number of Topliss-reactive ketones (excluding diaryl/α,β-unsaturated/α-hetero) is 1. The average molecular weight is 710 g/mol. The number of rotatable bonds is 18. The predicted molar refractivity (Wildman–Crippen MR) is 127 cm³/mol. The third-order valence-electron chi connectivity index (χ3n) is 6.16. The summed E-state index contributed by atoms with van der Waals surface area (Å²) in [5, 5.41) is 0. The Bertz CT molecular complexity index is 1140. The van der Waals surface area contributed by atoms with Gasteiger partial charge in [-0.05, 0) is 38.5 Å². The van der Waals surface area contributed by atoms with Gasteiger partial charge in [-0.25, -0.2) is 4.39 Å². The summed E-state index contributed by atoms with van der Waals surface area (Å²) in [4.78, 5) is 22.7. The molecule has 0 saturated carbocycles. The minimum absolute atomic E-state index is 0.0293. The van der Waals surface area contributed by atoms with Gasteiger partial charge >= 0.3 is 47.5 Å². The van der Waals surface area contributed by atoms with Crippen molar-refractivity contribution >= 4 is 11.8 Å². The molecule has 0 amide bonds. The molecule has 0 saturated heterocycles. The first-order valence-corrected chi connectivity index (χ1v) is 12.9. The molecule has 0 rings (SSSR count). The van der Waals surface area contributed by atoms with Crippen LogP contribution in [0.5, 0.6) is 0 Å². The summed E-state index contributed by atoms with van der Waals surface area (Å²) in [6.45, 7) is 0.861. The topological polar surface area (TPSA) is 52.6 Å². The van der Waals surface area contributed by atoms with Gasteiger partial charge in [-0.15, -0.1) is 0 Å². The van der Waals surface area contributed by atoms with E-state index in [1.165, 1.54) is 20.8 Å². The zero-order valence-corrected chi connectivity index (χ0v) is 24.9. The van der Waals surface area contributed by atoms with Crippen LogP contribution in [-0.4, -0.2) is 84.4 Å². The van der Waals surface area contributed by atoms with Crippen molar-refractivity contribution < 1.29 is 89.3 Å². The van der Waals surface area contributed by atoms with E-state index in [4.69, 9.17) is 9.47 Å². The first-order valence-electron chi connectivity index (χ1n) is 12.9. The highest BCUT2D eigenvalue weighted by Gasteiger charge is 2.93. The second-order valence-corrected chi connectivity index (χ2v) is 11.5. The third-order valence-corrected chi connectivity index (χ3v) is 6.16. The maximum atomic E-state index is 14.4. The van der Waals surface area contributed by atoms with E-state index >= 15 is 0 Å². The van der Waals surface area contributed by atoms with Gasteiger partial charge < -0.3 is 9.47 Å². The smallest absolute Gasteiger partial charge is 0.355 e. The molecule has 0 fully saturated rings. The maximum absolute atomic E-state index is 14.4. The van der Waals surface area contributed by atoms with Crippen LogP contribution in [0.2, 0.25) is 0 Å². The van der Waals surface area contributed by atoms with Crippen LogP contribution in [0.4, 0.5) is 70.2 Å². The largest absolute Gasteiger partial charge is 0.385 e. The molecular formula is C26H30F16O4. The zero-order chi connectivity index (χ0) is 37.2. The van der Waals surface area contributed by atoms with E-state index in [1.54, 1.807) is 13.8 Å². The summed E-state index contributed by atoms with van der Waals surface area (Å²) in [6.07, 6.45) is -0.411. The quantitative estimate of drug-likeness (QED) is 0.0820. The number of hydrogen-bond donors (Lipinski definition) is 0. The van der Waals surface area contributed by atoms with Gasteiger partial charge in [0.15, 0.2) is 6.67 Å². The van der Waals surface area contributed by atoms with Crippen LogP contribution in [0.25, 0.3) is 0 Å². The van der Waals surface area contributed by atoms with E-state index in [9.17, 15) is 79.8 Å². The number of ether oxygens (including phenoxy) is 2. The fourth-order valence-corrected chi connectivity index (χ4v) is 3.92. The Morgan fingerprint density at radius 2 is 0.913 bits per heavy atom. The lowest BCUT2D eigenvalue weighted by atomic mass is 9.88. The molecule has 4 nitrogen and oxygen atoms in total. The average Bonchev–Trinajstić information content (AvgIpc) is 2.88. The highest BCUT2D eigenvalue weighted by Crippen LogP contribution is 2.62. The maximum Gasteiger partial charge on any atom is 0.385 e. The number of carbonyl (C=O) groups excluding carboxylic acids is 2. The Kier molecular flexibility index (Phi) is 13.3. The molecule has 0 bridgehead atoms. The van der Waals surface area contributed by atoms with Crippen LogP contribution in [0.3, 0.4) is 0 Å². The zero-order valence-electron chi connectivity index (χ0n) is 24.9. The summed E-state index contributed by atoms with van der Waals surface area (Å²) >= 11 is 0. The fraction of sp³-hybridized carbons (Fsp3) is 0.846. The standard InChI is InChI=1S/C26H30F16O4/c1-14(2)9-18(5,7-8-19(6,10-15(3)4)46-12-17(28)44)45-11-16(43)21(31,32)23(35,36)25(39,40)26(41,42)24(37,38)22(33,34)20(29,30)13-27/h14-15H,9-13H2,1-6H3. The van der Waals surface area contributed by atoms with Crippen molar-refractivity contribution in [2.75, 3.05) is 19.9 Å². The van der Waals surface area contributed by atoms with Gasteiger partial charge in [0, 0.05) is 0 Å². The molecule has 0 aromatic heterocycles. The molecule has 0 aliphatic rings. The van der Waals surface area contributed by atoms with E-state index in [2.05, 4.69) is 11.8 Å². The second-order valence-electron chi connectivity index (χ2n) is 11.5. The summed E-state index contributed by atoms with van der Waals surface area (Å²) in [6, 6.07) is -1.94. The van der Waals surface area contributed by atoms with Gasteiger partial charge in [-0.2, -0.15) is 65.9 Å². The third kappa shape index (κ3) is 8.58. The Morgan fingerprint density at radius 1 is 0.587 bits per heavy atom. The van der Waals surface area contributed by atoms with Crippen molar-refractivity contribution in [2.45, 2.75) is 107 Å². The molecule has 0 heterocycles. The predicted octanol–water partition coefficient (Wildman–Crippen LogP) is 8.11. The van der Waals surface area contributed by atoms with E-state index < -0.39 is 90.3 Å². The van der Waals surface area contributed by atoms with Crippen LogP contribution in [0.15, 0.2) is 0 Å². The molecule has 46 heavy (non-hydrogen) atoms. The Hall–Kier alpha value is -2.30. The van der Waals surface area contributed by atoms with Crippen LogP contribution >= 0.6 is 0 Å². The van der Waals surface area contributed by atoms with E-state index in [0.29, 0.717) is 0 Å². The summed E-state index contributed by atoms with van der Waals surface area (Å²) in [5.74, 6) is -54.6. The molecule has 0 radical (unpaired) electrons. The van der Waals surface area contributed by atoms with Gasteiger partial charge in [0.25, 0.3) is 0 Å². The van der Waals surface area contributed by atoms with E-state index in [0.717, 1.165) is 6.92 Å². The summed E-state index contributed by atoms with van der Waals surface area (Å²) in [7, 11) is 0. The highest BCUT2D eigenvalue weighted by molar-refractivity contribution is 5.88. The number of ketones is 1. The van der Waals surface area contributed by atoms with Crippen molar-refractivity contribution in [1.82, 2.24) is 0 Å².